The van der Waals surface area contributed by atoms with Gasteiger partial charge in [0.15, 0.2) is 0 Å². The van der Waals surface area contributed by atoms with Crippen molar-refractivity contribution < 1.29 is 4.57 Å². The molecule has 1 aromatic rings. The molecule has 0 saturated heterocycles. The van der Waals surface area contributed by atoms with Gasteiger partial charge in [-0.15, -0.1) is 0 Å². The van der Waals surface area contributed by atoms with Gasteiger partial charge in [-0.25, -0.2) is 0 Å². The quantitative estimate of drug-likeness (QED) is 0.737. The maximum atomic E-state index is 11.8. The van der Waals surface area contributed by atoms with Gasteiger partial charge < -0.3 is 9.46 Å². The van der Waals surface area contributed by atoms with E-state index < -0.39 is 7.14 Å². The SMILES string of the molecule is CC(c1ccc(P(C)(C)=O)cc1)N(C)C. The predicted octanol–water partition coefficient (Wildman–Crippen LogP) is 2.56. The average molecular weight is 225 g/mol. The lowest BCUT2D eigenvalue weighted by Crippen LogP contribution is -2.17. The Morgan fingerprint density at radius 1 is 1.13 bits per heavy atom. The second kappa shape index (κ2) is 4.51. The van der Waals surface area contributed by atoms with E-state index in [4.69, 9.17) is 0 Å². The summed E-state index contributed by atoms with van der Waals surface area (Å²) < 4.78 is 11.8. The first-order chi connectivity index (χ1) is 6.82. The van der Waals surface area contributed by atoms with E-state index in [9.17, 15) is 4.57 Å². The highest BCUT2D eigenvalue weighted by atomic mass is 31.2. The van der Waals surface area contributed by atoms with Crippen molar-refractivity contribution in [3.05, 3.63) is 29.8 Å². The third-order valence-corrected chi connectivity index (χ3v) is 4.31. The summed E-state index contributed by atoms with van der Waals surface area (Å²) in [4.78, 5) is 2.16. The Kier molecular flexibility index (Phi) is 3.75. The molecule has 0 aromatic heterocycles. The average Bonchev–Trinajstić information content (AvgIpc) is 2.15. The molecule has 0 fully saturated rings. The monoisotopic (exact) mass is 225 g/mol. The third kappa shape index (κ3) is 3.19. The smallest absolute Gasteiger partial charge is 0.109 e. The topological polar surface area (TPSA) is 20.3 Å². The predicted molar refractivity (Wildman–Crippen MR) is 67.6 cm³/mol. The van der Waals surface area contributed by atoms with E-state index in [0.717, 1.165) is 5.30 Å². The van der Waals surface area contributed by atoms with Gasteiger partial charge >= 0.3 is 0 Å². The van der Waals surface area contributed by atoms with E-state index in [1.165, 1.54) is 5.56 Å². The Morgan fingerprint density at radius 2 is 1.60 bits per heavy atom. The molecule has 1 aromatic carbocycles. The zero-order chi connectivity index (χ0) is 11.6. The Labute approximate surface area is 92.7 Å². The van der Waals surface area contributed by atoms with Gasteiger partial charge in [0.25, 0.3) is 0 Å². The van der Waals surface area contributed by atoms with Crippen molar-refractivity contribution in [3.63, 3.8) is 0 Å². The molecule has 15 heavy (non-hydrogen) atoms. The van der Waals surface area contributed by atoms with Crippen LogP contribution in [-0.2, 0) is 4.57 Å². The summed E-state index contributed by atoms with van der Waals surface area (Å²) in [6.45, 7) is 5.77. The van der Waals surface area contributed by atoms with Crippen molar-refractivity contribution in [1.82, 2.24) is 4.90 Å². The molecule has 0 amide bonds. The second-order valence-electron chi connectivity index (χ2n) is 4.58. The van der Waals surface area contributed by atoms with Gasteiger partial charge in [-0.3, -0.25) is 0 Å². The number of nitrogens with zero attached hydrogens (tertiary/aromatic N) is 1. The van der Waals surface area contributed by atoms with E-state index in [2.05, 4.69) is 38.1 Å². The third-order valence-electron chi connectivity index (χ3n) is 2.77. The van der Waals surface area contributed by atoms with E-state index in [1.54, 1.807) is 13.3 Å². The van der Waals surface area contributed by atoms with Crippen LogP contribution in [0.3, 0.4) is 0 Å². The molecular formula is C12H20NOP. The van der Waals surface area contributed by atoms with Crippen LogP contribution in [0.15, 0.2) is 24.3 Å². The van der Waals surface area contributed by atoms with Crippen LogP contribution in [-0.4, -0.2) is 32.3 Å². The molecule has 0 aliphatic rings. The van der Waals surface area contributed by atoms with Gasteiger partial charge in [0.2, 0.25) is 0 Å². The van der Waals surface area contributed by atoms with Crippen molar-refractivity contribution in [2.45, 2.75) is 13.0 Å². The number of hydrogen-bond acceptors (Lipinski definition) is 2. The fourth-order valence-corrected chi connectivity index (χ4v) is 2.28. The summed E-state index contributed by atoms with van der Waals surface area (Å²) in [5.74, 6) is 0. The summed E-state index contributed by atoms with van der Waals surface area (Å²) in [7, 11) is 2.01. The van der Waals surface area contributed by atoms with Gasteiger partial charge in [0.05, 0.1) is 0 Å². The zero-order valence-corrected chi connectivity index (χ0v) is 11.1. The Balaban J connectivity index is 2.96. The summed E-state index contributed by atoms with van der Waals surface area (Å²) >= 11 is 0. The lowest BCUT2D eigenvalue weighted by atomic mass is 10.1. The highest BCUT2D eigenvalue weighted by Gasteiger charge is 2.12. The minimum Gasteiger partial charge on any atom is -0.319 e. The molecule has 0 radical (unpaired) electrons. The highest BCUT2D eigenvalue weighted by molar-refractivity contribution is 7.70. The van der Waals surface area contributed by atoms with Crippen molar-refractivity contribution in [2.24, 2.45) is 0 Å². The molecule has 0 aliphatic heterocycles. The second-order valence-corrected chi connectivity index (χ2v) is 7.80. The first-order valence-corrected chi connectivity index (χ1v) is 7.74. The molecule has 0 N–H and O–H groups in total. The molecule has 2 nitrogen and oxygen atoms in total. The van der Waals surface area contributed by atoms with Crippen LogP contribution in [0, 0.1) is 0 Å². The minimum atomic E-state index is -2.11. The van der Waals surface area contributed by atoms with Crippen LogP contribution in [0.2, 0.25) is 0 Å². The summed E-state index contributed by atoms with van der Waals surface area (Å²) in [6, 6.07) is 8.50. The maximum Gasteiger partial charge on any atom is 0.109 e. The van der Waals surface area contributed by atoms with Gasteiger partial charge in [0, 0.05) is 11.3 Å². The Morgan fingerprint density at radius 3 is 1.93 bits per heavy atom. The van der Waals surface area contributed by atoms with Gasteiger partial charge in [-0.2, -0.15) is 0 Å². The van der Waals surface area contributed by atoms with Crippen LogP contribution in [0.1, 0.15) is 18.5 Å². The first-order valence-electron chi connectivity index (χ1n) is 5.14. The fraction of sp³-hybridized carbons (Fsp3) is 0.500. The molecule has 1 atom stereocenters. The standard InChI is InChI=1S/C12H20NOP/c1-10(13(2)3)11-6-8-12(9-7-11)15(4,5)14/h6-10H,1-5H3. The fourth-order valence-electron chi connectivity index (χ4n) is 1.41. The normalized spacial score (nSPS) is 14.3. The largest absolute Gasteiger partial charge is 0.319 e. The van der Waals surface area contributed by atoms with Crippen molar-refractivity contribution in [1.29, 1.82) is 0 Å². The van der Waals surface area contributed by atoms with Gasteiger partial charge in [0.1, 0.15) is 7.14 Å². The lowest BCUT2D eigenvalue weighted by Gasteiger charge is -2.20. The van der Waals surface area contributed by atoms with Crippen LogP contribution in [0.25, 0.3) is 0 Å². The summed E-state index contributed by atoms with van der Waals surface area (Å²) in [6.07, 6.45) is 0. The van der Waals surface area contributed by atoms with Crippen molar-refractivity contribution >= 4 is 12.4 Å². The van der Waals surface area contributed by atoms with E-state index in [-0.39, 0.29) is 0 Å². The van der Waals surface area contributed by atoms with Crippen LogP contribution >= 0.6 is 7.14 Å². The van der Waals surface area contributed by atoms with E-state index in [0.29, 0.717) is 6.04 Å². The van der Waals surface area contributed by atoms with Crippen molar-refractivity contribution in [2.75, 3.05) is 27.4 Å². The summed E-state index contributed by atoms with van der Waals surface area (Å²) in [5, 5.41) is 0.956. The Hall–Kier alpha value is -0.590. The lowest BCUT2D eigenvalue weighted by molar-refractivity contribution is 0.321. The molecule has 0 spiro atoms. The van der Waals surface area contributed by atoms with Crippen LogP contribution in [0.4, 0.5) is 0 Å². The first kappa shape index (κ1) is 12.5. The molecule has 0 saturated carbocycles. The Bertz CT molecular complexity index is 364. The molecule has 84 valence electrons. The van der Waals surface area contributed by atoms with Crippen molar-refractivity contribution in [3.8, 4) is 0 Å². The number of hydrogen-bond donors (Lipinski definition) is 0. The van der Waals surface area contributed by atoms with E-state index >= 15 is 0 Å². The van der Waals surface area contributed by atoms with Gasteiger partial charge in [-0.05, 0) is 39.9 Å². The molecule has 3 heteroatoms. The zero-order valence-electron chi connectivity index (χ0n) is 10.2. The van der Waals surface area contributed by atoms with Gasteiger partial charge in [-0.1, -0.05) is 24.3 Å². The van der Waals surface area contributed by atoms with Crippen LogP contribution < -0.4 is 5.30 Å². The minimum absolute atomic E-state index is 0.396. The molecule has 1 rings (SSSR count). The number of benzene rings is 1. The molecular weight excluding hydrogens is 205 g/mol. The molecule has 0 aliphatic carbocycles. The molecule has 0 heterocycles. The summed E-state index contributed by atoms with van der Waals surface area (Å²) in [5.41, 5.74) is 1.26. The van der Waals surface area contributed by atoms with Crippen LogP contribution in [0.5, 0.6) is 0 Å². The van der Waals surface area contributed by atoms with E-state index in [1.807, 2.05) is 12.1 Å². The molecule has 1 unspecified atom stereocenters. The maximum absolute atomic E-state index is 11.8. The number of rotatable bonds is 3. The molecule has 0 bridgehead atoms. The highest BCUT2D eigenvalue weighted by Crippen LogP contribution is 2.34.